The number of carbonyl (C=O) groups is 1. The Kier molecular flexibility index (Phi) is 3.35. The van der Waals surface area contributed by atoms with Crippen molar-refractivity contribution in [1.82, 2.24) is 9.88 Å². The Morgan fingerprint density at radius 3 is 2.68 bits per heavy atom. The van der Waals surface area contributed by atoms with E-state index < -0.39 is 0 Å². The summed E-state index contributed by atoms with van der Waals surface area (Å²) in [5.74, 6) is -0.256. The molecule has 2 N–H and O–H groups in total. The highest BCUT2D eigenvalue weighted by atomic mass is 32.1. The third-order valence-electron chi connectivity index (χ3n) is 3.30. The quantitative estimate of drug-likeness (QED) is 0.905. The first-order valence-corrected chi connectivity index (χ1v) is 7.15. The second-order valence-electron chi connectivity index (χ2n) is 4.69. The van der Waals surface area contributed by atoms with Gasteiger partial charge in [0.1, 0.15) is 0 Å². The SMILES string of the molecule is NC(=O)CN1CCN(c2nc3ccccc3s2)CC1. The lowest BCUT2D eigenvalue weighted by Crippen LogP contribution is -2.48. The summed E-state index contributed by atoms with van der Waals surface area (Å²) in [6, 6.07) is 8.18. The van der Waals surface area contributed by atoms with E-state index in [1.54, 1.807) is 11.3 Å². The molecule has 0 unspecified atom stereocenters. The molecule has 1 aromatic heterocycles. The fourth-order valence-corrected chi connectivity index (χ4v) is 3.33. The Morgan fingerprint density at radius 1 is 1.26 bits per heavy atom. The lowest BCUT2D eigenvalue weighted by Gasteiger charge is -2.33. The van der Waals surface area contributed by atoms with Gasteiger partial charge in [-0.05, 0) is 12.1 Å². The molecule has 19 heavy (non-hydrogen) atoms. The summed E-state index contributed by atoms with van der Waals surface area (Å²) in [6.45, 7) is 3.87. The van der Waals surface area contributed by atoms with Crippen molar-refractivity contribution in [3.63, 3.8) is 0 Å². The minimum Gasteiger partial charge on any atom is -0.369 e. The van der Waals surface area contributed by atoms with Gasteiger partial charge in [0.2, 0.25) is 5.91 Å². The predicted octanol–water partition coefficient (Wildman–Crippen LogP) is 0.904. The molecule has 1 aliphatic rings. The van der Waals surface area contributed by atoms with Crippen LogP contribution in [0.4, 0.5) is 5.13 Å². The molecule has 0 aliphatic carbocycles. The van der Waals surface area contributed by atoms with Gasteiger partial charge < -0.3 is 10.6 Å². The summed E-state index contributed by atoms with van der Waals surface area (Å²) in [5, 5.41) is 1.07. The number of nitrogens with zero attached hydrogens (tertiary/aromatic N) is 3. The van der Waals surface area contributed by atoms with Crippen LogP contribution in [0.25, 0.3) is 10.2 Å². The van der Waals surface area contributed by atoms with Crippen LogP contribution >= 0.6 is 11.3 Å². The average molecular weight is 276 g/mol. The maximum absolute atomic E-state index is 10.9. The van der Waals surface area contributed by atoms with Gasteiger partial charge in [0.15, 0.2) is 5.13 Å². The predicted molar refractivity (Wildman–Crippen MR) is 77.5 cm³/mol. The topological polar surface area (TPSA) is 62.5 Å². The van der Waals surface area contributed by atoms with Gasteiger partial charge in [0.05, 0.1) is 16.8 Å². The van der Waals surface area contributed by atoms with Crippen molar-refractivity contribution in [1.29, 1.82) is 0 Å². The number of amides is 1. The molecular weight excluding hydrogens is 260 g/mol. The third-order valence-corrected chi connectivity index (χ3v) is 4.40. The van der Waals surface area contributed by atoms with Gasteiger partial charge in [-0.25, -0.2) is 4.98 Å². The van der Waals surface area contributed by atoms with E-state index in [2.05, 4.69) is 20.9 Å². The first-order chi connectivity index (χ1) is 9.22. The fourth-order valence-electron chi connectivity index (χ4n) is 2.31. The molecule has 1 aromatic carbocycles. The van der Waals surface area contributed by atoms with E-state index in [1.165, 1.54) is 4.70 Å². The third kappa shape index (κ3) is 2.69. The van der Waals surface area contributed by atoms with Gasteiger partial charge in [0.25, 0.3) is 0 Å². The van der Waals surface area contributed by atoms with E-state index >= 15 is 0 Å². The Morgan fingerprint density at radius 2 is 2.00 bits per heavy atom. The van der Waals surface area contributed by atoms with E-state index in [1.807, 2.05) is 18.2 Å². The summed E-state index contributed by atoms with van der Waals surface area (Å²) < 4.78 is 1.22. The maximum Gasteiger partial charge on any atom is 0.231 e. The Balaban J connectivity index is 1.69. The number of hydrogen-bond acceptors (Lipinski definition) is 5. The van der Waals surface area contributed by atoms with Crippen LogP contribution in [0.15, 0.2) is 24.3 Å². The largest absolute Gasteiger partial charge is 0.369 e. The summed E-state index contributed by atoms with van der Waals surface area (Å²) in [5.41, 5.74) is 6.27. The van der Waals surface area contributed by atoms with Gasteiger partial charge in [0, 0.05) is 26.2 Å². The van der Waals surface area contributed by atoms with Gasteiger partial charge in [-0.3, -0.25) is 9.69 Å². The summed E-state index contributed by atoms with van der Waals surface area (Å²) >= 11 is 1.72. The van der Waals surface area contributed by atoms with Crippen LogP contribution in [0.3, 0.4) is 0 Å². The van der Waals surface area contributed by atoms with Crippen molar-refractivity contribution in [3.05, 3.63) is 24.3 Å². The highest BCUT2D eigenvalue weighted by Crippen LogP contribution is 2.28. The molecule has 3 rings (SSSR count). The fraction of sp³-hybridized carbons (Fsp3) is 0.385. The van der Waals surface area contributed by atoms with Crippen molar-refractivity contribution >= 4 is 32.6 Å². The van der Waals surface area contributed by atoms with Crippen LogP contribution in [0.1, 0.15) is 0 Å². The lowest BCUT2D eigenvalue weighted by molar-refractivity contribution is -0.119. The first-order valence-electron chi connectivity index (χ1n) is 6.33. The van der Waals surface area contributed by atoms with Crippen molar-refractivity contribution in [2.24, 2.45) is 5.73 Å². The number of carbonyl (C=O) groups excluding carboxylic acids is 1. The Labute approximate surface area is 115 Å². The molecule has 5 nitrogen and oxygen atoms in total. The maximum atomic E-state index is 10.9. The highest BCUT2D eigenvalue weighted by Gasteiger charge is 2.20. The number of anilines is 1. The molecule has 1 fully saturated rings. The smallest absolute Gasteiger partial charge is 0.231 e. The van der Waals surface area contributed by atoms with Crippen LogP contribution < -0.4 is 10.6 Å². The molecule has 2 heterocycles. The molecule has 0 bridgehead atoms. The number of primary amides is 1. The summed E-state index contributed by atoms with van der Waals surface area (Å²) in [6.07, 6.45) is 0. The number of fused-ring (bicyclic) bond motifs is 1. The highest BCUT2D eigenvalue weighted by molar-refractivity contribution is 7.22. The zero-order valence-corrected chi connectivity index (χ0v) is 11.4. The van der Waals surface area contributed by atoms with Crippen LogP contribution in [0.5, 0.6) is 0 Å². The molecule has 6 heteroatoms. The Bertz CT molecular complexity index is 556. The van der Waals surface area contributed by atoms with E-state index in [0.29, 0.717) is 6.54 Å². The number of rotatable bonds is 3. The number of nitrogens with two attached hydrogens (primary N) is 1. The molecule has 1 saturated heterocycles. The van der Waals surface area contributed by atoms with Crippen LogP contribution in [0, 0.1) is 0 Å². The zero-order chi connectivity index (χ0) is 13.2. The normalized spacial score (nSPS) is 16.9. The van der Waals surface area contributed by atoms with Crippen molar-refractivity contribution in [2.75, 3.05) is 37.6 Å². The number of thiazole rings is 1. The molecule has 0 atom stereocenters. The molecule has 1 aliphatic heterocycles. The second kappa shape index (κ2) is 5.14. The van der Waals surface area contributed by atoms with Crippen LogP contribution in [-0.4, -0.2) is 48.5 Å². The van der Waals surface area contributed by atoms with Gasteiger partial charge in [-0.1, -0.05) is 23.5 Å². The molecule has 0 spiro atoms. The van der Waals surface area contributed by atoms with E-state index in [4.69, 9.17) is 5.73 Å². The van der Waals surface area contributed by atoms with Crippen LogP contribution in [-0.2, 0) is 4.79 Å². The number of hydrogen-bond donors (Lipinski definition) is 1. The van der Waals surface area contributed by atoms with Gasteiger partial charge in [-0.2, -0.15) is 0 Å². The number of benzene rings is 1. The zero-order valence-electron chi connectivity index (χ0n) is 10.6. The lowest BCUT2D eigenvalue weighted by atomic mass is 10.3. The average Bonchev–Trinajstić information content (AvgIpc) is 2.82. The summed E-state index contributed by atoms with van der Waals surface area (Å²) in [4.78, 5) is 19.9. The number of para-hydroxylation sites is 1. The number of aromatic nitrogens is 1. The monoisotopic (exact) mass is 276 g/mol. The molecule has 100 valence electrons. The molecular formula is C13H16N4OS. The molecule has 2 aromatic rings. The van der Waals surface area contributed by atoms with Crippen molar-refractivity contribution < 1.29 is 4.79 Å². The summed E-state index contributed by atoms with van der Waals surface area (Å²) in [7, 11) is 0. The minimum absolute atomic E-state index is 0.256. The molecule has 1 amide bonds. The van der Waals surface area contributed by atoms with Crippen molar-refractivity contribution in [3.8, 4) is 0 Å². The second-order valence-corrected chi connectivity index (χ2v) is 5.70. The van der Waals surface area contributed by atoms with Crippen LogP contribution in [0.2, 0.25) is 0 Å². The van der Waals surface area contributed by atoms with E-state index in [9.17, 15) is 4.79 Å². The minimum atomic E-state index is -0.256. The van der Waals surface area contributed by atoms with E-state index in [-0.39, 0.29) is 5.91 Å². The van der Waals surface area contributed by atoms with Gasteiger partial charge in [-0.15, -0.1) is 0 Å². The van der Waals surface area contributed by atoms with E-state index in [0.717, 1.165) is 36.8 Å². The van der Waals surface area contributed by atoms with Gasteiger partial charge >= 0.3 is 0 Å². The van der Waals surface area contributed by atoms with Crippen molar-refractivity contribution in [2.45, 2.75) is 0 Å². The Hall–Kier alpha value is -1.66. The number of piperazine rings is 1. The first kappa shape index (κ1) is 12.4. The molecule has 0 saturated carbocycles. The standard InChI is InChI=1S/C13H16N4OS/c14-12(18)9-16-5-7-17(8-6-16)13-15-10-3-1-2-4-11(10)19-13/h1-4H,5-9H2,(H2,14,18). The molecule has 0 radical (unpaired) electrons.